The van der Waals surface area contributed by atoms with Crippen LogP contribution in [0.25, 0.3) is 0 Å². The molecule has 0 radical (unpaired) electrons. The van der Waals surface area contributed by atoms with Crippen molar-refractivity contribution in [2.75, 3.05) is 19.6 Å². The summed E-state index contributed by atoms with van der Waals surface area (Å²) in [6.45, 7) is 12.1. The molecule has 0 aromatic heterocycles. The molecule has 5 amide bonds. The number of hydrogen-bond donors (Lipinski definition) is 4. The number of rotatable bonds is 15. The topological polar surface area (TPSA) is 157 Å². The van der Waals surface area contributed by atoms with Gasteiger partial charge in [-0.25, -0.2) is 8.78 Å². The molecule has 4 saturated carbocycles. The first kappa shape index (κ1) is 43.4. The Morgan fingerprint density at radius 3 is 2.00 bits per heavy atom. The van der Waals surface area contributed by atoms with Gasteiger partial charge in [0.1, 0.15) is 18.1 Å². The number of carbonyl (C=O) groups excluding carboxylic acids is 6. The second kappa shape index (κ2) is 16.8. The van der Waals surface area contributed by atoms with E-state index < -0.39 is 83.9 Å². The summed E-state index contributed by atoms with van der Waals surface area (Å²) in [5.41, 5.74) is -1.27. The summed E-state index contributed by atoms with van der Waals surface area (Å²) >= 11 is 0. The molecule has 57 heavy (non-hydrogen) atoms. The smallest absolute Gasteiger partial charge is 0.289 e. The fourth-order valence-corrected chi connectivity index (χ4v) is 11.4. The van der Waals surface area contributed by atoms with Crippen molar-refractivity contribution in [3.8, 4) is 0 Å². The first-order valence-corrected chi connectivity index (χ1v) is 22.0. The van der Waals surface area contributed by atoms with Crippen LogP contribution >= 0.6 is 0 Å². The van der Waals surface area contributed by atoms with Crippen LogP contribution in [0.2, 0.25) is 0 Å². The van der Waals surface area contributed by atoms with Crippen LogP contribution in [0.3, 0.4) is 0 Å². The molecule has 1 unspecified atom stereocenters. The number of fused-ring (bicyclic) bond motifs is 1. The van der Waals surface area contributed by atoms with Gasteiger partial charge in [0.15, 0.2) is 0 Å². The van der Waals surface area contributed by atoms with E-state index in [9.17, 15) is 32.8 Å². The van der Waals surface area contributed by atoms with Gasteiger partial charge < -0.3 is 26.2 Å². The summed E-state index contributed by atoms with van der Waals surface area (Å²) in [5, 5.41) is 11.7. The zero-order valence-electron chi connectivity index (χ0n) is 35.2. The van der Waals surface area contributed by atoms with E-state index in [-0.39, 0.29) is 34.6 Å². The summed E-state index contributed by atoms with van der Waals surface area (Å²) in [6, 6.07) is -4.76. The molecule has 6 aliphatic rings. The van der Waals surface area contributed by atoms with Gasteiger partial charge in [-0.1, -0.05) is 80.1 Å². The van der Waals surface area contributed by atoms with Crippen LogP contribution in [0.15, 0.2) is 0 Å². The lowest BCUT2D eigenvalue weighted by atomic mass is 9.73. The van der Waals surface area contributed by atoms with Crippen molar-refractivity contribution in [1.29, 1.82) is 0 Å². The number of hydrogen-bond acceptors (Lipinski definition) is 7. The Balaban J connectivity index is 1.25. The predicted octanol–water partition coefficient (Wildman–Crippen LogP) is 4.63. The molecule has 6 fully saturated rings. The Morgan fingerprint density at radius 1 is 0.789 bits per heavy atom. The number of piperidine rings is 1. The molecule has 2 spiro atoms. The van der Waals surface area contributed by atoms with Crippen LogP contribution in [0, 0.1) is 27.6 Å². The lowest BCUT2D eigenvalue weighted by Crippen LogP contribution is -2.63. The van der Waals surface area contributed by atoms with E-state index in [2.05, 4.69) is 35.1 Å². The van der Waals surface area contributed by atoms with Gasteiger partial charge in [-0.15, -0.1) is 0 Å². The highest BCUT2D eigenvalue weighted by molar-refractivity contribution is 6.38. The van der Waals surface area contributed by atoms with Crippen molar-refractivity contribution >= 4 is 35.3 Å². The monoisotopic (exact) mass is 803 g/mol. The lowest BCUT2D eigenvalue weighted by Gasteiger charge is -2.39. The maximum absolute atomic E-state index is 15.1. The number of likely N-dealkylation sites (tertiary alicyclic amines) is 2. The molecule has 14 heteroatoms. The van der Waals surface area contributed by atoms with E-state index in [1.54, 1.807) is 4.90 Å². The van der Waals surface area contributed by atoms with E-state index in [1.807, 2.05) is 27.7 Å². The van der Waals surface area contributed by atoms with E-state index in [0.717, 1.165) is 64.2 Å². The molecule has 12 nitrogen and oxygen atoms in total. The maximum Gasteiger partial charge on any atom is 0.289 e. The predicted molar refractivity (Wildman–Crippen MR) is 211 cm³/mol. The van der Waals surface area contributed by atoms with Crippen LogP contribution in [-0.2, 0) is 28.8 Å². The van der Waals surface area contributed by atoms with E-state index in [1.165, 1.54) is 4.90 Å². The van der Waals surface area contributed by atoms with Gasteiger partial charge >= 0.3 is 0 Å². The number of nitrogens with zero attached hydrogens (tertiary/aromatic N) is 2. The molecular weight excluding hydrogens is 735 g/mol. The Labute approximate surface area is 337 Å². The Bertz CT molecular complexity index is 1550. The van der Waals surface area contributed by atoms with Gasteiger partial charge in [-0.05, 0) is 92.9 Å². The lowest BCUT2D eigenvalue weighted by molar-refractivity contribution is -0.146. The Kier molecular flexibility index (Phi) is 12.8. The summed E-state index contributed by atoms with van der Waals surface area (Å²) in [4.78, 5) is 87.3. The molecule has 0 bridgehead atoms. The average Bonchev–Trinajstić information content (AvgIpc) is 3.96. The summed E-state index contributed by atoms with van der Waals surface area (Å²) in [6.07, 6.45) is 9.49. The first-order chi connectivity index (χ1) is 26.9. The second-order valence-electron chi connectivity index (χ2n) is 19.9. The van der Waals surface area contributed by atoms with E-state index in [4.69, 9.17) is 0 Å². The van der Waals surface area contributed by atoms with Crippen LogP contribution in [0.4, 0.5) is 8.78 Å². The number of halogens is 2. The molecule has 2 saturated heterocycles. The summed E-state index contributed by atoms with van der Waals surface area (Å²) < 4.78 is 27.0. The molecule has 6 rings (SSSR count). The highest BCUT2D eigenvalue weighted by atomic mass is 19.3. The molecule has 4 aliphatic carbocycles. The molecule has 2 heterocycles. The second-order valence-corrected chi connectivity index (χ2v) is 19.9. The van der Waals surface area contributed by atoms with Crippen LogP contribution in [0.1, 0.15) is 144 Å². The normalized spacial score (nSPS) is 28.6. The Hall–Kier alpha value is -3.16. The quantitative estimate of drug-likeness (QED) is 0.176. The highest BCUT2D eigenvalue weighted by Gasteiger charge is 2.85. The minimum Gasteiger partial charge on any atom is -0.347 e. The van der Waals surface area contributed by atoms with Crippen molar-refractivity contribution in [2.24, 2.45) is 27.6 Å². The van der Waals surface area contributed by atoms with Crippen molar-refractivity contribution in [3.05, 3.63) is 0 Å². The number of Topliss-reactive ketones (excluding diaryl/α,β-unsaturated/α-hetero) is 1. The van der Waals surface area contributed by atoms with Crippen molar-refractivity contribution in [2.45, 2.75) is 187 Å². The molecular formula is C43H68F2N6O6. The molecule has 320 valence electrons. The SMILES string of the molecule is CCCC(NC(=O)[C@@H]1C[C@@]2(CN1C(=O)[C@@H](NC(=O)[C@@H](NC(=O)[C@@H]1CCCCN1CC(F)F)C1CCCCC1)C(C)(C)C)C(C)(C)C21CCC1)C(=O)C(=O)NC1CC1. The van der Waals surface area contributed by atoms with Crippen molar-refractivity contribution in [1.82, 2.24) is 31.1 Å². The van der Waals surface area contributed by atoms with Gasteiger partial charge in [0, 0.05) is 18.0 Å². The van der Waals surface area contributed by atoms with Gasteiger partial charge in [-0.3, -0.25) is 33.7 Å². The minimum atomic E-state index is -2.59. The molecule has 4 N–H and O–H groups in total. The number of nitrogens with one attached hydrogen (secondary N) is 4. The molecule has 0 aromatic rings. The van der Waals surface area contributed by atoms with Gasteiger partial charge in [0.05, 0.1) is 18.6 Å². The summed E-state index contributed by atoms with van der Waals surface area (Å²) in [7, 11) is 0. The number of amides is 5. The number of carbonyl (C=O) groups is 6. The van der Waals surface area contributed by atoms with Crippen molar-refractivity contribution in [3.63, 3.8) is 0 Å². The van der Waals surface area contributed by atoms with E-state index in [0.29, 0.717) is 45.2 Å². The first-order valence-electron chi connectivity index (χ1n) is 22.0. The average molecular weight is 803 g/mol. The molecule has 6 atom stereocenters. The van der Waals surface area contributed by atoms with Crippen LogP contribution in [0.5, 0.6) is 0 Å². The van der Waals surface area contributed by atoms with Crippen LogP contribution in [-0.4, -0.2) is 107 Å². The molecule has 2 aliphatic heterocycles. The Morgan fingerprint density at radius 2 is 1.44 bits per heavy atom. The van der Waals surface area contributed by atoms with Gasteiger partial charge in [0.2, 0.25) is 29.4 Å². The number of alkyl halides is 2. The van der Waals surface area contributed by atoms with Crippen molar-refractivity contribution < 1.29 is 37.5 Å². The third-order valence-corrected chi connectivity index (χ3v) is 15.1. The van der Waals surface area contributed by atoms with E-state index >= 15 is 4.79 Å². The summed E-state index contributed by atoms with van der Waals surface area (Å²) in [5.74, 6) is -3.39. The largest absolute Gasteiger partial charge is 0.347 e. The van der Waals surface area contributed by atoms with Gasteiger partial charge in [0.25, 0.3) is 12.3 Å². The fourth-order valence-electron chi connectivity index (χ4n) is 11.4. The standard InChI is InChI=1S/C43H68F2N6O6/c1-7-14-28(33(52)38(56)46-27-18-19-27)47-36(54)30-23-43(41(5,6)42(43)20-13-21-42)25-51(30)39(57)34(40(2,3)4)49-37(55)32(26-15-9-8-10-16-26)48-35(53)29-17-11-12-22-50(29)24-31(44)45/h26-32,34H,7-25H2,1-6H3,(H,46,56)(H,47,54)(H,48,53)(H,49,55)/t28?,29-,30-,32-,34+,43+/m0/s1. The third kappa shape index (κ3) is 8.49. The fraction of sp³-hybridized carbons (Fsp3) is 0.860. The zero-order valence-corrected chi connectivity index (χ0v) is 35.2. The zero-order chi connectivity index (χ0) is 41.5. The maximum atomic E-state index is 15.1. The third-order valence-electron chi connectivity index (χ3n) is 15.1. The highest BCUT2D eigenvalue weighted by Crippen LogP contribution is 2.88. The van der Waals surface area contributed by atoms with Gasteiger partial charge in [-0.2, -0.15) is 0 Å². The minimum absolute atomic E-state index is 0.00942. The number of ketones is 1. The van der Waals surface area contributed by atoms with Crippen LogP contribution < -0.4 is 21.3 Å². The molecule has 0 aromatic carbocycles.